The van der Waals surface area contributed by atoms with Crippen LogP contribution in [0.2, 0.25) is 0 Å². The number of halogens is 4. The lowest BCUT2D eigenvalue weighted by molar-refractivity contribution is -0.137. The minimum Gasteiger partial charge on any atom is -0.439 e. The number of hydrogen-bond donors (Lipinski definition) is 1. The zero-order chi connectivity index (χ0) is 24.1. The highest BCUT2D eigenvalue weighted by Gasteiger charge is 2.30. The van der Waals surface area contributed by atoms with Crippen LogP contribution in [0.1, 0.15) is 47.2 Å². The molecule has 0 radical (unpaired) electrons. The third-order valence-electron chi connectivity index (χ3n) is 5.48. The van der Waals surface area contributed by atoms with Crippen LogP contribution in [0.15, 0.2) is 66.5 Å². The van der Waals surface area contributed by atoms with Crippen molar-refractivity contribution in [3.05, 3.63) is 89.1 Å². The number of aromatic nitrogens is 2. The molecule has 1 saturated carbocycles. The van der Waals surface area contributed by atoms with Crippen molar-refractivity contribution < 1.29 is 27.1 Å². The number of allylic oxidation sites excluding steroid dienone is 1. The van der Waals surface area contributed by atoms with Crippen molar-refractivity contribution in [3.63, 3.8) is 0 Å². The first kappa shape index (κ1) is 23.4. The highest BCUT2D eigenvalue weighted by atomic mass is 19.4. The minimum atomic E-state index is -4.45. The molecular weight excluding hydrogens is 450 g/mol. The van der Waals surface area contributed by atoms with Gasteiger partial charge in [0, 0.05) is 24.5 Å². The van der Waals surface area contributed by atoms with Crippen LogP contribution in [-0.4, -0.2) is 21.9 Å². The summed E-state index contributed by atoms with van der Waals surface area (Å²) in [4.78, 5) is 19.5. The number of carbonyl (C=O) groups excluding carboxylic acids is 1. The van der Waals surface area contributed by atoms with Gasteiger partial charge in [0.2, 0.25) is 11.8 Å². The van der Waals surface area contributed by atoms with Crippen molar-refractivity contribution in [3.8, 4) is 11.6 Å². The van der Waals surface area contributed by atoms with Gasteiger partial charge in [-0.15, -0.1) is 0 Å². The fourth-order valence-corrected chi connectivity index (χ4v) is 3.73. The quantitative estimate of drug-likeness (QED) is 0.356. The Bertz CT molecular complexity index is 1180. The van der Waals surface area contributed by atoms with E-state index in [1.54, 1.807) is 18.2 Å². The van der Waals surface area contributed by atoms with Gasteiger partial charge in [0.15, 0.2) is 0 Å². The highest BCUT2D eigenvalue weighted by molar-refractivity contribution is 5.94. The van der Waals surface area contributed by atoms with Crippen molar-refractivity contribution >= 4 is 12.0 Å². The summed E-state index contributed by atoms with van der Waals surface area (Å²) in [6, 6.07) is 12.2. The molecular formula is C25H21F4N3O2. The maximum Gasteiger partial charge on any atom is 0.417 e. The van der Waals surface area contributed by atoms with E-state index in [2.05, 4.69) is 15.3 Å². The summed E-state index contributed by atoms with van der Waals surface area (Å²) in [6.45, 7) is 0. The van der Waals surface area contributed by atoms with Gasteiger partial charge in [-0.25, -0.2) is 9.97 Å². The van der Waals surface area contributed by atoms with Crippen LogP contribution < -0.4 is 10.1 Å². The maximum absolute atomic E-state index is 13.7. The Kier molecular flexibility index (Phi) is 6.90. The molecule has 1 fully saturated rings. The first-order valence-electron chi connectivity index (χ1n) is 10.7. The highest BCUT2D eigenvalue weighted by Crippen LogP contribution is 2.31. The SMILES string of the molecule is O=C(NC1CCC(=Cc2cccc(Oc3ccc(C(F)(F)F)cn3)c2)CC1)c1cccnc1F. The molecule has 0 saturated heterocycles. The van der Waals surface area contributed by atoms with Gasteiger partial charge in [0.25, 0.3) is 5.91 Å². The topological polar surface area (TPSA) is 64.1 Å². The maximum atomic E-state index is 13.7. The van der Waals surface area contributed by atoms with Crippen molar-refractivity contribution in [2.75, 3.05) is 0 Å². The molecule has 3 aromatic rings. The second kappa shape index (κ2) is 10.0. The van der Waals surface area contributed by atoms with E-state index in [4.69, 9.17) is 4.74 Å². The lowest BCUT2D eigenvalue weighted by Gasteiger charge is -2.25. The van der Waals surface area contributed by atoms with E-state index >= 15 is 0 Å². The molecule has 9 heteroatoms. The van der Waals surface area contributed by atoms with Gasteiger partial charge < -0.3 is 10.1 Å². The molecule has 0 atom stereocenters. The number of amides is 1. The van der Waals surface area contributed by atoms with Gasteiger partial charge in [0.1, 0.15) is 5.75 Å². The first-order valence-corrected chi connectivity index (χ1v) is 10.7. The first-order chi connectivity index (χ1) is 16.3. The van der Waals surface area contributed by atoms with Crippen LogP contribution in [0.5, 0.6) is 11.6 Å². The lowest BCUT2D eigenvalue weighted by Crippen LogP contribution is -2.37. The van der Waals surface area contributed by atoms with Crippen molar-refractivity contribution in [1.29, 1.82) is 0 Å². The summed E-state index contributed by atoms with van der Waals surface area (Å²) in [5, 5.41) is 2.87. The van der Waals surface area contributed by atoms with E-state index < -0.39 is 23.6 Å². The molecule has 4 rings (SSSR count). The molecule has 1 aliphatic carbocycles. The van der Waals surface area contributed by atoms with E-state index in [9.17, 15) is 22.4 Å². The fourth-order valence-electron chi connectivity index (χ4n) is 3.73. The number of nitrogens with zero attached hydrogens (tertiary/aromatic N) is 2. The molecule has 176 valence electrons. The molecule has 1 N–H and O–H groups in total. The Morgan fingerprint density at radius 2 is 1.85 bits per heavy atom. The van der Waals surface area contributed by atoms with Crippen LogP contribution in [0.4, 0.5) is 17.6 Å². The Hall–Kier alpha value is -3.75. The lowest BCUT2D eigenvalue weighted by atomic mass is 9.89. The number of nitrogens with one attached hydrogen (secondary N) is 1. The molecule has 1 amide bonds. The summed E-state index contributed by atoms with van der Waals surface area (Å²) in [5.41, 5.74) is 1.18. The smallest absolute Gasteiger partial charge is 0.417 e. The average molecular weight is 471 g/mol. The van der Waals surface area contributed by atoms with E-state index in [0.717, 1.165) is 43.5 Å². The third kappa shape index (κ3) is 5.98. The van der Waals surface area contributed by atoms with E-state index in [-0.39, 0.29) is 17.5 Å². The number of benzene rings is 1. The molecule has 1 aromatic carbocycles. The Labute approximate surface area is 193 Å². The second-order valence-corrected chi connectivity index (χ2v) is 7.95. The molecule has 34 heavy (non-hydrogen) atoms. The van der Waals surface area contributed by atoms with Crippen LogP contribution >= 0.6 is 0 Å². The number of alkyl halides is 3. The third-order valence-corrected chi connectivity index (χ3v) is 5.48. The minimum absolute atomic E-state index is 0.0512. The fraction of sp³-hybridized carbons (Fsp3) is 0.240. The van der Waals surface area contributed by atoms with Gasteiger partial charge in [0.05, 0.1) is 11.1 Å². The van der Waals surface area contributed by atoms with Gasteiger partial charge in [-0.1, -0.05) is 23.8 Å². The van der Waals surface area contributed by atoms with E-state index in [0.29, 0.717) is 5.75 Å². The number of pyridine rings is 2. The summed E-state index contributed by atoms with van der Waals surface area (Å²) < 4.78 is 57.3. The van der Waals surface area contributed by atoms with Crippen molar-refractivity contribution in [2.24, 2.45) is 0 Å². The monoisotopic (exact) mass is 471 g/mol. The van der Waals surface area contributed by atoms with Gasteiger partial charge >= 0.3 is 6.18 Å². The predicted molar refractivity (Wildman–Crippen MR) is 118 cm³/mol. The molecule has 1 aliphatic rings. The Morgan fingerprint density at radius 1 is 1.06 bits per heavy atom. The predicted octanol–water partition coefficient (Wildman–Crippen LogP) is 6.18. The Balaban J connectivity index is 1.34. The van der Waals surface area contributed by atoms with Gasteiger partial charge in [-0.3, -0.25) is 4.79 Å². The van der Waals surface area contributed by atoms with Crippen molar-refractivity contribution in [2.45, 2.75) is 37.9 Å². The normalized spacial score (nSPS) is 16.1. The van der Waals surface area contributed by atoms with E-state index in [1.807, 2.05) is 12.1 Å². The van der Waals surface area contributed by atoms with Gasteiger partial charge in [-0.05, 0) is 61.6 Å². The molecule has 5 nitrogen and oxygen atoms in total. The van der Waals surface area contributed by atoms with Gasteiger partial charge in [-0.2, -0.15) is 17.6 Å². The molecule has 0 unspecified atom stereocenters. The number of carbonyl (C=O) groups is 1. The largest absolute Gasteiger partial charge is 0.439 e. The zero-order valence-corrected chi connectivity index (χ0v) is 18.0. The van der Waals surface area contributed by atoms with Crippen molar-refractivity contribution in [1.82, 2.24) is 15.3 Å². The van der Waals surface area contributed by atoms with Crippen LogP contribution in [0, 0.1) is 5.95 Å². The molecule has 0 bridgehead atoms. The molecule has 0 aliphatic heterocycles. The summed E-state index contributed by atoms with van der Waals surface area (Å²) in [5.74, 6) is -0.727. The average Bonchev–Trinajstić information content (AvgIpc) is 2.81. The molecule has 2 heterocycles. The molecule has 0 spiro atoms. The van der Waals surface area contributed by atoms with Crippen LogP contribution in [0.25, 0.3) is 6.08 Å². The zero-order valence-electron chi connectivity index (χ0n) is 18.0. The number of hydrogen-bond acceptors (Lipinski definition) is 4. The standard InChI is InChI=1S/C25H21F4N3O2/c26-23-21(5-2-12-30-23)24(33)32-19-9-6-16(7-10-19)13-17-3-1-4-20(14-17)34-22-11-8-18(15-31-22)25(27,28)29/h1-5,8,11-15,19H,6-7,9-10H2,(H,32,33). The summed E-state index contributed by atoms with van der Waals surface area (Å²) in [6.07, 6.45) is 2.61. The molecule has 2 aromatic heterocycles. The summed E-state index contributed by atoms with van der Waals surface area (Å²) in [7, 11) is 0. The number of ether oxygens (including phenoxy) is 1. The van der Waals surface area contributed by atoms with E-state index in [1.165, 1.54) is 30.0 Å². The second-order valence-electron chi connectivity index (χ2n) is 7.95. The Morgan fingerprint density at radius 3 is 2.53 bits per heavy atom. The van der Waals surface area contributed by atoms with Crippen LogP contribution in [-0.2, 0) is 6.18 Å². The summed E-state index contributed by atoms with van der Waals surface area (Å²) >= 11 is 0. The number of rotatable bonds is 5. The van der Waals surface area contributed by atoms with Crippen LogP contribution in [0.3, 0.4) is 0 Å².